The predicted molar refractivity (Wildman–Crippen MR) is 331 cm³/mol. The molecule has 2 saturated heterocycles. The molecule has 4 N–H and O–H groups in total. The normalized spacial score (nSPS) is 14.0. The lowest BCUT2D eigenvalue weighted by Gasteiger charge is -2.35. The van der Waals surface area contributed by atoms with Crippen LogP contribution < -0.4 is 10.1 Å². The van der Waals surface area contributed by atoms with E-state index < -0.39 is 23.6 Å². The fourth-order valence-electron chi connectivity index (χ4n) is 10.3. The Bertz CT molecular complexity index is 3020. The predicted octanol–water partition coefficient (Wildman–Crippen LogP) is 1.62. The number of nitrogens with one attached hydrogen (secondary N) is 2. The summed E-state index contributed by atoms with van der Waals surface area (Å²) in [5.41, 5.74) is 3.52. The summed E-state index contributed by atoms with van der Waals surface area (Å²) in [5, 5.41) is 45.9. The average molecular weight is 1270 g/mol. The smallest absolute Gasteiger partial charge is 0.295 e. The number of likely N-dealkylation sites (tertiary alicyclic amines) is 1. The second kappa shape index (κ2) is 40.8. The first-order valence-electron chi connectivity index (χ1n) is 31.3. The number of H-pyrrole nitrogens is 1. The van der Waals surface area contributed by atoms with Crippen molar-refractivity contribution in [1.29, 1.82) is 5.26 Å². The third-order valence-corrected chi connectivity index (χ3v) is 15.3. The van der Waals surface area contributed by atoms with Gasteiger partial charge in [-0.1, -0.05) is 35.5 Å². The van der Waals surface area contributed by atoms with E-state index in [2.05, 4.69) is 56.4 Å². The standard InChI is InChI=1S/C62H90N14O15/c1-48(79)12-25-84-28-31-87-34-35-89-33-30-86-27-24-75-43-51(68-70-75)46-91-39-38-90-37-36-88-32-29-85-26-23-72-21-19-71(20-22-72)14-7-16-73(52(44-77)45-78)15-6-13-64-61(81)59-67-47-76(69-59)60-57-56(55(83-2)42-66-60)54(41-65-57)58(80)62(82)74-17-10-50(11-18-74)53(40-63)49-8-4-3-5-9-49/h3-5,8-9,41-43,47,52,65,77-78H,6-7,10-39,44-46H2,1-2H3,(H,64,81). The zero-order valence-corrected chi connectivity index (χ0v) is 52.6. The average Bonchev–Trinajstić information content (AvgIpc) is 1.65. The molecular formula is C62H90N14O15. The molecule has 0 radical (unpaired) electrons. The molecule has 498 valence electrons. The Balaban J connectivity index is 0.688. The topological polar surface area (TPSA) is 331 Å². The Morgan fingerprint density at radius 3 is 1.95 bits per heavy atom. The molecule has 0 bridgehead atoms. The summed E-state index contributed by atoms with van der Waals surface area (Å²) in [6.45, 7) is 16.6. The minimum Gasteiger partial charge on any atom is -0.494 e. The van der Waals surface area contributed by atoms with E-state index in [1.165, 1.54) is 35.4 Å². The molecule has 29 heteroatoms. The number of methoxy groups -OCH3 is 1. The molecule has 0 atom stereocenters. The van der Waals surface area contributed by atoms with E-state index >= 15 is 0 Å². The number of piperidine rings is 1. The van der Waals surface area contributed by atoms with Crippen LogP contribution >= 0.6 is 0 Å². The number of aromatic amines is 1. The van der Waals surface area contributed by atoms with E-state index in [1.807, 2.05) is 36.5 Å². The molecule has 5 aromatic rings. The molecule has 0 aliphatic carbocycles. The summed E-state index contributed by atoms with van der Waals surface area (Å²) in [5.74, 6) is -1.43. The number of benzene rings is 1. The number of aliphatic hydroxyl groups excluding tert-OH is 2. The second-order valence-electron chi connectivity index (χ2n) is 21.7. The van der Waals surface area contributed by atoms with Gasteiger partial charge in [-0.25, -0.2) is 14.6 Å². The molecule has 0 unspecified atom stereocenters. The number of rotatable bonds is 46. The second-order valence-corrected chi connectivity index (χ2v) is 21.7. The SMILES string of the molecule is COc1cnc(-n2cnc(C(=O)NCCCN(CCCN3CCN(CCOCCOCCOCCOCc4cn(CCOCCOCCOCCOCCC(C)=O)nn4)CC3)C(CO)CO)n2)c2[nH]cc(C(=O)C(=O)N3CCC(=C(C#N)c4ccccc4)CC3)c12. The van der Waals surface area contributed by atoms with Crippen molar-refractivity contribution in [2.75, 3.05) is 191 Å². The lowest BCUT2D eigenvalue weighted by Crippen LogP contribution is -2.48. The summed E-state index contributed by atoms with van der Waals surface area (Å²) in [7, 11) is 1.44. The van der Waals surface area contributed by atoms with E-state index in [4.69, 9.17) is 42.6 Å². The van der Waals surface area contributed by atoms with E-state index in [-0.39, 0.29) is 61.6 Å². The third kappa shape index (κ3) is 23.9. The van der Waals surface area contributed by atoms with Crippen molar-refractivity contribution in [1.82, 2.24) is 64.6 Å². The van der Waals surface area contributed by atoms with Gasteiger partial charge in [0.2, 0.25) is 5.82 Å². The molecule has 7 rings (SSSR count). The van der Waals surface area contributed by atoms with Crippen molar-refractivity contribution in [2.45, 2.75) is 58.2 Å². The highest BCUT2D eigenvalue weighted by molar-refractivity contribution is 6.45. The van der Waals surface area contributed by atoms with Gasteiger partial charge in [0.05, 0.1) is 179 Å². The van der Waals surface area contributed by atoms with Gasteiger partial charge in [-0.3, -0.25) is 29.0 Å². The molecule has 2 aliphatic rings. The first kappa shape index (κ1) is 71.4. The summed E-state index contributed by atoms with van der Waals surface area (Å²) in [6.07, 6.45) is 8.75. The van der Waals surface area contributed by atoms with Crippen molar-refractivity contribution in [3.63, 3.8) is 0 Å². The third-order valence-electron chi connectivity index (χ3n) is 15.3. The van der Waals surface area contributed by atoms with Gasteiger partial charge in [-0.2, -0.15) is 9.94 Å². The maximum Gasteiger partial charge on any atom is 0.295 e. The van der Waals surface area contributed by atoms with E-state index in [0.29, 0.717) is 168 Å². The van der Waals surface area contributed by atoms with Crippen LogP contribution in [0.3, 0.4) is 0 Å². The monoisotopic (exact) mass is 1270 g/mol. The van der Waals surface area contributed by atoms with Crippen LogP contribution in [0.5, 0.6) is 5.75 Å². The number of nitrogens with zero attached hydrogens (tertiary/aromatic N) is 12. The molecule has 6 heterocycles. The van der Waals surface area contributed by atoms with Crippen LogP contribution in [0.25, 0.3) is 22.3 Å². The number of ketones is 2. The summed E-state index contributed by atoms with van der Waals surface area (Å²) in [4.78, 5) is 71.8. The van der Waals surface area contributed by atoms with E-state index in [0.717, 1.165) is 62.5 Å². The number of pyridine rings is 1. The number of ether oxygens (including phenoxy) is 9. The highest BCUT2D eigenvalue weighted by Gasteiger charge is 2.31. The zero-order chi connectivity index (χ0) is 64.3. The molecule has 0 spiro atoms. The number of Topliss-reactive ketones (excluding diaryl/α,β-unsaturated/α-hetero) is 2. The fraction of sp³-hybridized carbons (Fsp3) is 0.613. The molecule has 2 aliphatic heterocycles. The Hall–Kier alpha value is -7.02. The van der Waals surface area contributed by atoms with Crippen LogP contribution in [0.15, 0.2) is 60.8 Å². The number of aliphatic hydroxyl groups is 2. The van der Waals surface area contributed by atoms with Crippen molar-refractivity contribution >= 4 is 39.9 Å². The number of carbonyl (C=O) groups excluding carboxylic acids is 4. The number of hydrogen-bond acceptors (Lipinski definition) is 24. The number of fused-ring (bicyclic) bond motifs is 1. The van der Waals surface area contributed by atoms with Crippen molar-refractivity contribution in [2.24, 2.45) is 0 Å². The molecule has 91 heavy (non-hydrogen) atoms. The van der Waals surface area contributed by atoms with Gasteiger partial charge in [0.1, 0.15) is 23.6 Å². The number of carbonyl (C=O) groups is 4. The molecule has 2 fully saturated rings. The lowest BCUT2D eigenvalue weighted by molar-refractivity contribution is -0.126. The van der Waals surface area contributed by atoms with E-state index in [1.54, 1.807) is 11.6 Å². The van der Waals surface area contributed by atoms with Gasteiger partial charge >= 0.3 is 0 Å². The fourth-order valence-corrected chi connectivity index (χ4v) is 10.3. The van der Waals surface area contributed by atoms with Crippen molar-refractivity contribution in [3.05, 3.63) is 83.5 Å². The Morgan fingerprint density at radius 2 is 1.33 bits per heavy atom. The number of aromatic nitrogens is 8. The minimum absolute atomic E-state index is 0.0915. The maximum absolute atomic E-state index is 13.8. The summed E-state index contributed by atoms with van der Waals surface area (Å²) >= 11 is 0. The van der Waals surface area contributed by atoms with Crippen LogP contribution in [0, 0.1) is 11.3 Å². The number of amides is 2. The van der Waals surface area contributed by atoms with E-state index in [9.17, 15) is 34.7 Å². The van der Waals surface area contributed by atoms with Crippen LogP contribution in [0.2, 0.25) is 0 Å². The molecule has 4 aromatic heterocycles. The zero-order valence-electron chi connectivity index (χ0n) is 52.6. The summed E-state index contributed by atoms with van der Waals surface area (Å²) in [6, 6.07) is 11.3. The van der Waals surface area contributed by atoms with Crippen LogP contribution in [0.4, 0.5) is 0 Å². The minimum atomic E-state index is -0.732. The molecule has 0 saturated carbocycles. The van der Waals surface area contributed by atoms with Crippen molar-refractivity contribution < 1.29 is 72.0 Å². The highest BCUT2D eigenvalue weighted by Crippen LogP contribution is 2.33. The molecule has 29 nitrogen and oxygen atoms in total. The van der Waals surface area contributed by atoms with Gasteiger partial charge in [-0.05, 0) is 56.8 Å². The van der Waals surface area contributed by atoms with Gasteiger partial charge in [0.15, 0.2) is 5.82 Å². The quantitative estimate of drug-likeness (QED) is 0.0186. The Labute approximate surface area is 530 Å². The van der Waals surface area contributed by atoms with Gasteiger partial charge < -0.3 is 72.9 Å². The van der Waals surface area contributed by atoms with Crippen LogP contribution in [-0.4, -0.2) is 290 Å². The number of hydrogen-bond donors (Lipinski definition) is 4. The first-order valence-corrected chi connectivity index (χ1v) is 31.3. The van der Waals surface area contributed by atoms with Gasteiger partial charge in [0.25, 0.3) is 17.6 Å². The highest BCUT2D eigenvalue weighted by atomic mass is 16.6. The number of nitriles is 1. The molecular weight excluding hydrogens is 1180 g/mol. The molecule has 2 amide bonds. The van der Waals surface area contributed by atoms with Crippen LogP contribution in [0.1, 0.15) is 71.3 Å². The first-order chi connectivity index (χ1) is 44.6. The Morgan fingerprint density at radius 1 is 0.736 bits per heavy atom. The lowest BCUT2D eigenvalue weighted by atomic mass is 9.93. The molecule has 1 aromatic carbocycles. The largest absolute Gasteiger partial charge is 0.494 e. The Kier molecular flexibility index (Phi) is 32.0. The maximum atomic E-state index is 13.8. The number of allylic oxidation sites excluding steroid dienone is 1. The van der Waals surface area contributed by atoms with Crippen molar-refractivity contribution in [3.8, 4) is 17.6 Å². The van der Waals surface area contributed by atoms with Gasteiger partial charge in [0, 0.05) is 71.5 Å². The summed E-state index contributed by atoms with van der Waals surface area (Å²) < 4.78 is 53.3. The number of piperazine rings is 1. The van der Waals surface area contributed by atoms with Gasteiger partial charge in [-0.15, -0.1) is 10.2 Å². The van der Waals surface area contributed by atoms with Crippen LogP contribution in [-0.2, 0) is 60.6 Å².